The van der Waals surface area contributed by atoms with Gasteiger partial charge in [0.1, 0.15) is 23.3 Å². The Bertz CT molecular complexity index is 1560. The molecule has 3 aromatic rings. The van der Waals surface area contributed by atoms with Crippen LogP contribution in [0, 0.1) is 11.3 Å². The molecule has 11 heteroatoms. The Kier molecular flexibility index (Phi) is 6.53. The number of nitrogens with zero attached hydrogens (tertiary/aromatic N) is 2. The lowest BCUT2D eigenvalue weighted by Crippen LogP contribution is -2.62. The maximum atomic E-state index is 14.0. The van der Waals surface area contributed by atoms with E-state index >= 15 is 0 Å². The van der Waals surface area contributed by atoms with Gasteiger partial charge in [-0.15, -0.1) is 0 Å². The first-order valence-electron chi connectivity index (χ1n) is 13.6. The van der Waals surface area contributed by atoms with E-state index in [9.17, 15) is 28.4 Å². The summed E-state index contributed by atoms with van der Waals surface area (Å²) in [5.41, 5.74) is 0.356. The molecule has 41 heavy (non-hydrogen) atoms. The lowest BCUT2D eigenvalue weighted by atomic mass is 9.78. The molecule has 0 radical (unpaired) electrons. The fourth-order valence-electron chi connectivity index (χ4n) is 5.40. The minimum atomic E-state index is -2.92. The van der Waals surface area contributed by atoms with Gasteiger partial charge in [-0.05, 0) is 61.1 Å². The maximum Gasteiger partial charge on any atom is 0.287 e. The summed E-state index contributed by atoms with van der Waals surface area (Å²) in [5.74, 6) is -4.38. The Morgan fingerprint density at radius 3 is 2.29 bits per heavy atom. The number of amides is 3. The van der Waals surface area contributed by atoms with Crippen LogP contribution in [0.15, 0.2) is 52.9 Å². The Morgan fingerprint density at radius 2 is 1.63 bits per heavy atom. The van der Waals surface area contributed by atoms with Crippen LogP contribution in [-0.4, -0.2) is 54.5 Å². The van der Waals surface area contributed by atoms with Crippen LogP contribution in [0.4, 0.5) is 14.5 Å². The van der Waals surface area contributed by atoms with Crippen LogP contribution in [-0.2, 0) is 14.3 Å². The second-order valence-corrected chi connectivity index (χ2v) is 11.0. The molecule has 1 aliphatic heterocycles. The number of morpholine rings is 1. The number of fused-ring (bicyclic) bond motifs is 1. The molecule has 9 nitrogen and oxygen atoms in total. The van der Waals surface area contributed by atoms with Crippen molar-refractivity contribution in [1.82, 2.24) is 10.6 Å². The average Bonchev–Trinajstić information content (AvgIpc) is 3.61. The molecule has 212 valence electrons. The van der Waals surface area contributed by atoms with Crippen molar-refractivity contribution in [1.29, 1.82) is 5.26 Å². The Balaban J connectivity index is 1.21. The number of hydrogen-bond acceptors (Lipinski definition) is 6. The molecule has 1 aromatic heterocycles. The van der Waals surface area contributed by atoms with E-state index in [1.165, 1.54) is 0 Å². The van der Waals surface area contributed by atoms with Gasteiger partial charge in [-0.25, -0.2) is 8.78 Å². The van der Waals surface area contributed by atoms with Crippen LogP contribution in [0.5, 0.6) is 0 Å². The molecule has 0 bridgehead atoms. The Labute approximate surface area is 234 Å². The zero-order valence-electron chi connectivity index (χ0n) is 22.2. The highest BCUT2D eigenvalue weighted by Crippen LogP contribution is 2.41. The third kappa shape index (κ3) is 5.27. The van der Waals surface area contributed by atoms with Crippen LogP contribution in [0.2, 0.25) is 0 Å². The quantitative estimate of drug-likeness (QED) is 0.461. The van der Waals surface area contributed by atoms with Gasteiger partial charge in [-0.1, -0.05) is 24.3 Å². The molecule has 3 aliphatic rings. The van der Waals surface area contributed by atoms with E-state index in [2.05, 4.69) is 16.7 Å². The van der Waals surface area contributed by atoms with Crippen LogP contribution in [0.3, 0.4) is 0 Å². The molecule has 2 N–H and O–H groups in total. The topological polar surface area (TPSA) is 125 Å². The number of nitrogens with one attached hydrogen (secondary N) is 2. The van der Waals surface area contributed by atoms with E-state index in [1.54, 1.807) is 23.1 Å². The molecular weight excluding hydrogens is 534 g/mol. The summed E-state index contributed by atoms with van der Waals surface area (Å²) < 4.78 is 39.0. The van der Waals surface area contributed by atoms with Crippen molar-refractivity contribution >= 4 is 34.4 Å². The number of ether oxygens (including phenoxy) is 1. The first-order chi connectivity index (χ1) is 19.6. The Morgan fingerprint density at radius 1 is 0.927 bits per heavy atom. The molecule has 6 rings (SSSR count). The standard InChI is InChI=1S/C30H28F2N4O5/c31-30(32)11-9-29(10-12-30,27(39)35-28(18-33)7-8-28)34-26(38)24-16-21-2-1-20(15-23(21)41-24)19-3-5-22(6-4-19)36-13-14-40-17-25(36)37/h1-6,15-16H,7-14,17H2,(H,34,38)(H,35,39). The van der Waals surface area contributed by atoms with E-state index in [0.29, 0.717) is 37.0 Å². The van der Waals surface area contributed by atoms with Gasteiger partial charge in [-0.2, -0.15) is 5.26 Å². The van der Waals surface area contributed by atoms with Crippen LogP contribution in [0.25, 0.3) is 22.1 Å². The summed E-state index contributed by atoms with van der Waals surface area (Å²) in [6.45, 7) is 1.04. The van der Waals surface area contributed by atoms with Gasteiger partial charge >= 0.3 is 0 Å². The monoisotopic (exact) mass is 562 g/mol. The molecule has 1 saturated heterocycles. The van der Waals surface area contributed by atoms with E-state index in [4.69, 9.17) is 9.15 Å². The zero-order valence-corrected chi connectivity index (χ0v) is 22.2. The lowest BCUT2D eigenvalue weighted by molar-refractivity contribution is -0.133. The SMILES string of the molecule is N#CC1(NC(=O)C2(NC(=O)c3cc4ccc(-c5ccc(N6CCOCC6=O)cc5)cc4o3)CCC(F)(F)CC2)CC1. The molecule has 3 amide bonds. The molecule has 0 atom stereocenters. The highest BCUT2D eigenvalue weighted by atomic mass is 19.3. The smallest absolute Gasteiger partial charge is 0.287 e. The van der Waals surface area contributed by atoms with Crippen LogP contribution < -0.4 is 15.5 Å². The van der Waals surface area contributed by atoms with E-state index in [0.717, 1.165) is 16.8 Å². The number of anilines is 1. The largest absolute Gasteiger partial charge is 0.451 e. The van der Waals surface area contributed by atoms with E-state index < -0.39 is 41.7 Å². The molecule has 0 unspecified atom stereocenters. The number of benzene rings is 2. The normalized spacial score (nSPS) is 20.7. The maximum absolute atomic E-state index is 14.0. The van der Waals surface area contributed by atoms with Gasteiger partial charge in [0.2, 0.25) is 11.8 Å². The number of hydrogen-bond donors (Lipinski definition) is 2. The van der Waals surface area contributed by atoms with Crippen molar-refractivity contribution in [3.63, 3.8) is 0 Å². The minimum Gasteiger partial charge on any atom is -0.451 e. The third-order valence-electron chi connectivity index (χ3n) is 8.18. The van der Waals surface area contributed by atoms with Crippen molar-refractivity contribution in [2.24, 2.45) is 0 Å². The van der Waals surface area contributed by atoms with Crippen molar-refractivity contribution in [2.75, 3.05) is 24.7 Å². The average molecular weight is 563 g/mol. The van der Waals surface area contributed by atoms with Gasteiger partial charge in [0.25, 0.3) is 11.8 Å². The summed E-state index contributed by atoms with van der Waals surface area (Å²) >= 11 is 0. The molecule has 3 fully saturated rings. The molecular formula is C30H28F2N4O5. The molecule has 0 spiro atoms. The number of furan rings is 1. The summed E-state index contributed by atoms with van der Waals surface area (Å²) in [5, 5.41) is 15.4. The first kappa shape index (κ1) is 26.9. The second-order valence-electron chi connectivity index (χ2n) is 11.0. The van der Waals surface area contributed by atoms with Crippen molar-refractivity contribution in [3.05, 3.63) is 54.3 Å². The number of nitriles is 1. The fraction of sp³-hybridized carbons (Fsp3) is 0.400. The summed E-state index contributed by atoms with van der Waals surface area (Å²) in [6.07, 6.45) is -0.653. The number of alkyl halides is 2. The van der Waals surface area contributed by atoms with Gasteiger partial charge < -0.3 is 24.7 Å². The van der Waals surface area contributed by atoms with E-state index in [1.807, 2.05) is 30.3 Å². The predicted octanol–water partition coefficient (Wildman–Crippen LogP) is 4.31. The predicted molar refractivity (Wildman–Crippen MR) is 144 cm³/mol. The number of halogens is 2. The van der Waals surface area contributed by atoms with Crippen LogP contribution >= 0.6 is 0 Å². The Hall–Kier alpha value is -4.30. The summed E-state index contributed by atoms with van der Waals surface area (Å²) in [4.78, 5) is 40.4. The number of carbonyl (C=O) groups is 3. The van der Waals surface area contributed by atoms with Gasteiger partial charge in [0.05, 0.1) is 12.7 Å². The van der Waals surface area contributed by atoms with E-state index in [-0.39, 0.29) is 31.1 Å². The highest BCUT2D eigenvalue weighted by Gasteiger charge is 2.53. The molecule has 2 aliphatic carbocycles. The van der Waals surface area contributed by atoms with Crippen molar-refractivity contribution in [3.8, 4) is 17.2 Å². The minimum absolute atomic E-state index is 0.0516. The van der Waals surface area contributed by atoms with Gasteiger partial charge in [0.15, 0.2) is 5.76 Å². The van der Waals surface area contributed by atoms with Gasteiger partial charge in [0, 0.05) is 30.5 Å². The van der Waals surface area contributed by atoms with Crippen molar-refractivity contribution in [2.45, 2.75) is 55.5 Å². The summed E-state index contributed by atoms with van der Waals surface area (Å²) in [6, 6.07) is 16.6. The summed E-state index contributed by atoms with van der Waals surface area (Å²) in [7, 11) is 0. The third-order valence-corrected chi connectivity index (χ3v) is 8.18. The molecule has 2 aromatic carbocycles. The lowest BCUT2D eigenvalue weighted by Gasteiger charge is -2.39. The highest BCUT2D eigenvalue weighted by molar-refractivity contribution is 6.01. The zero-order chi connectivity index (χ0) is 28.8. The first-order valence-corrected chi connectivity index (χ1v) is 13.6. The second kappa shape index (κ2) is 9.96. The fourth-order valence-corrected chi connectivity index (χ4v) is 5.40. The molecule has 2 heterocycles. The molecule has 2 saturated carbocycles. The van der Waals surface area contributed by atoms with Crippen molar-refractivity contribution < 1.29 is 32.3 Å². The number of carbonyl (C=O) groups excluding carboxylic acids is 3. The van der Waals surface area contributed by atoms with Crippen LogP contribution in [0.1, 0.15) is 49.1 Å². The number of rotatable bonds is 6. The van der Waals surface area contributed by atoms with Gasteiger partial charge in [-0.3, -0.25) is 14.4 Å².